The second-order valence-electron chi connectivity index (χ2n) is 8.40. The fourth-order valence-electron chi connectivity index (χ4n) is 4.42. The van der Waals surface area contributed by atoms with Crippen molar-refractivity contribution in [2.45, 2.75) is 38.5 Å². The number of hydrogen-bond donors (Lipinski definition) is 0. The zero-order chi connectivity index (χ0) is 23.7. The number of hydrogen-bond acceptors (Lipinski definition) is 5. The Labute approximate surface area is 217 Å². The van der Waals surface area contributed by atoms with Gasteiger partial charge in [0.15, 0.2) is 11.5 Å². The first-order chi connectivity index (χ1) is 16.6. The largest absolute Gasteiger partial charge is 0.493 e. The second-order valence-corrected chi connectivity index (χ2v) is 10.2. The molecule has 0 aromatic heterocycles. The Hall–Kier alpha value is -2.51. The third-order valence-electron chi connectivity index (χ3n) is 6.14. The summed E-state index contributed by atoms with van der Waals surface area (Å²) in [5.41, 5.74) is 4.25. The summed E-state index contributed by atoms with van der Waals surface area (Å²) in [5, 5.41) is 7.14. The molecule has 176 valence electrons. The van der Waals surface area contributed by atoms with E-state index in [2.05, 4.69) is 62.0 Å². The Balaban J connectivity index is 1.55. The summed E-state index contributed by atoms with van der Waals surface area (Å²) in [6, 6.07) is 20.5. The lowest BCUT2D eigenvalue weighted by Gasteiger charge is -2.38. The van der Waals surface area contributed by atoms with Gasteiger partial charge in [0, 0.05) is 22.0 Å². The fraction of sp³-hybridized carbons (Fsp3) is 0.296. The molecule has 0 saturated carbocycles. The summed E-state index contributed by atoms with van der Waals surface area (Å²) in [7, 11) is 1.67. The average Bonchev–Trinajstić information content (AvgIpc) is 3.30. The molecule has 7 heteroatoms. The number of nitrogens with zero attached hydrogens (tertiary/aromatic N) is 2. The van der Waals surface area contributed by atoms with Gasteiger partial charge in [-0.3, -0.25) is 0 Å². The predicted molar refractivity (Wildman–Crippen MR) is 141 cm³/mol. The van der Waals surface area contributed by atoms with Crippen LogP contribution in [0.5, 0.6) is 17.2 Å². The van der Waals surface area contributed by atoms with Crippen LogP contribution in [-0.4, -0.2) is 24.4 Å². The zero-order valence-corrected chi connectivity index (χ0v) is 22.3. The van der Waals surface area contributed by atoms with E-state index in [4.69, 9.17) is 19.3 Å². The minimum absolute atomic E-state index is 0.0595. The van der Waals surface area contributed by atoms with Crippen LogP contribution in [-0.2, 0) is 0 Å². The van der Waals surface area contributed by atoms with Crippen LogP contribution in [0.2, 0.25) is 0 Å². The molecule has 0 aliphatic carbocycles. The van der Waals surface area contributed by atoms with Crippen molar-refractivity contribution in [3.63, 3.8) is 0 Å². The number of ether oxygens (including phenoxy) is 3. The van der Waals surface area contributed by atoms with Gasteiger partial charge in [0.05, 0.1) is 29.9 Å². The molecule has 0 radical (unpaired) electrons. The van der Waals surface area contributed by atoms with Gasteiger partial charge >= 0.3 is 0 Å². The molecule has 0 bridgehead atoms. The maximum atomic E-state index is 6.59. The normalized spacial score (nSPS) is 18.6. The lowest BCUT2D eigenvalue weighted by molar-refractivity contribution is -0.0198. The highest BCUT2D eigenvalue weighted by Crippen LogP contribution is 2.51. The molecular formula is C27H26Br2N2O3. The van der Waals surface area contributed by atoms with E-state index in [0.717, 1.165) is 62.1 Å². The molecular weight excluding hydrogens is 560 g/mol. The van der Waals surface area contributed by atoms with E-state index in [1.54, 1.807) is 7.11 Å². The van der Waals surface area contributed by atoms with E-state index >= 15 is 0 Å². The molecule has 0 fully saturated rings. The van der Waals surface area contributed by atoms with Crippen molar-refractivity contribution in [1.82, 2.24) is 5.01 Å². The zero-order valence-electron chi connectivity index (χ0n) is 19.1. The molecule has 2 aliphatic heterocycles. The van der Waals surface area contributed by atoms with Crippen LogP contribution in [0.25, 0.3) is 0 Å². The Morgan fingerprint density at radius 1 is 1.06 bits per heavy atom. The molecule has 0 saturated heterocycles. The van der Waals surface area contributed by atoms with E-state index in [-0.39, 0.29) is 6.04 Å². The molecule has 0 amide bonds. The monoisotopic (exact) mass is 584 g/mol. The predicted octanol–water partition coefficient (Wildman–Crippen LogP) is 7.64. The Bertz CT molecular complexity index is 1220. The molecule has 0 spiro atoms. The van der Waals surface area contributed by atoms with E-state index in [9.17, 15) is 0 Å². The first-order valence-electron chi connectivity index (χ1n) is 11.5. The molecule has 2 unspecified atom stereocenters. The first-order valence-corrected chi connectivity index (χ1v) is 13.0. The Morgan fingerprint density at radius 3 is 2.65 bits per heavy atom. The molecule has 2 heterocycles. The summed E-state index contributed by atoms with van der Waals surface area (Å²) < 4.78 is 20.1. The van der Waals surface area contributed by atoms with Crippen LogP contribution in [0.1, 0.15) is 55.1 Å². The topological polar surface area (TPSA) is 43.3 Å². The van der Waals surface area contributed by atoms with Crippen molar-refractivity contribution in [3.05, 3.63) is 86.3 Å². The fourth-order valence-corrected chi connectivity index (χ4v) is 5.77. The van der Waals surface area contributed by atoms with Crippen LogP contribution in [0.3, 0.4) is 0 Å². The number of benzene rings is 3. The summed E-state index contributed by atoms with van der Waals surface area (Å²) >= 11 is 7.35. The van der Waals surface area contributed by atoms with E-state index in [1.165, 1.54) is 0 Å². The summed E-state index contributed by atoms with van der Waals surface area (Å²) in [5.74, 6) is 2.29. The smallest absolute Gasteiger partial charge is 0.214 e. The van der Waals surface area contributed by atoms with Gasteiger partial charge in [0.25, 0.3) is 0 Å². The van der Waals surface area contributed by atoms with Crippen molar-refractivity contribution in [3.8, 4) is 17.2 Å². The molecule has 5 rings (SSSR count). The van der Waals surface area contributed by atoms with E-state index in [0.29, 0.717) is 12.4 Å². The van der Waals surface area contributed by atoms with Gasteiger partial charge in [-0.25, -0.2) is 5.01 Å². The number of methoxy groups -OCH3 is 1. The second kappa shape index (κ2) is 10.0. The van der Waals surface area contributed by atoms with Crippen molar-refractivity contribution in [1.29, 1.82) is 0 Å². The number of halogens is 2. The molecule has 5 nitrogen and oxygen atoms in total. The van der Waals surface area contributed by atoms with E-state index in [1.807, 2.05) is 42.5 Å². The van der Waals surface area contributed by atoms with Crippen molar-refractivity contribution >= 4 is 37.6 Å². The average molecular weight is 586 g/mol. The SMILES string of the molecule is CCCCOc1ccc(C2Oc3c(Br)cc(Br)cc3C3CC(c4ccccc4)=NN32)cc1OC. The van der Waals surface area contributed by atoms with Gasteiger partial charge in [-0.05, 0) is 58.2 Å². The van der Waals surface area contributed by atoms with Crippen LogP contribution in [0.4, 0.5) is 0 Å². The first kappa shape index (κ1) is 23.2. The number of unbranched alkanes of at least 4 members (excludes halogenated alkanes) is 1. The minimum atomic E-state index is -0.394. The van der Waals surface area contributed by atoms with Gasteiger partial charge in [-0.2, -0.15) is 5.10 Å². The van der Waals surface area contributed by atoms with Crippen LogP contribution >= 0.6 is 31.9 Å². The highest BCUT2D eigenvalue weighted by atomic mass is 79.9. The van der Waals surface area contributed by atoms with Crippen LogP contribution in [0.15, 0.2) is 74.7 Å². The molecule has 34 heavy (non-hydrogen) atoms. The lowest BCUT2D eigenvalue weighted by Crippen LogP contribution is -2.34. The number of hydrazone groups is 1. The quantitative estimate of drug-likeness (QED) is 0.267. The number of fused-ring (bicyclic) bond motifs is 3. The van der Waals surface area contributed by atoms with Gasteiger partial charge in [-0.15, -0.1) is 0 Å². The van der Waals surface area contributed by atoms with Gasteiger partial charge in [-0.1, -0.05) is 59.6 Å². The standard InChI is InChI=1S/C27H26Br2N2O3/c1-3-4-12-33-24-11-10-18(13-25(24)32-2)27-31-23(16-22(30-31)17-8-6-5-7-9-17)20-14-19(28)15-21(29)26(20)34-27/h5-11,13-15,23,27H,3-4,12,16H2,1-2H3. The summed E-state index contributed by atoms with van der Waals surface area (Å²) in [6.45, 7) is 2.82. The van der Waals surface area contributed by atoms with Gasteiger partial charge in [0.1, 0.15) is 5.75 Å². The molecule has 3 aromatic carbocycles. The summed E-state index contributed by atoms with van der Waals surface area (Å²) in [6.07, 6.45) is 2.49. The van der Waals surface area contributed by atoms with Gasteiger partial charge in [0.2, 0.25) is 6.23 Å². The number of rotatable bonds is 7. The Kier molecular flexibility index (Phi) is 6.84. The Morgan fingerprint density at radius 2 is 1.88 bits per heavy atom. The third kappa shape index (κ3) is 4.43. The molecule has 0 N–H and O–H groups in total. The van der Waals surface area contributed by atoms with Crippen LogP contribution < -0.4 is 14.2 Å². The minimum Gasteiger partial charge on any atom is -0.493 e. The van der Waals surface area contributed by atoms with Gasteiger partial charge < -0.3 is 14.2 Å². The lowest BCUT2D eigenvalue weighted by atomic mass is 9.96. The van der Waals surface area contributed by atoms with Crippen molar-refractivity contribution in [2.75, 3.05) is 13.7 Å². The van der Waals surface area contributed by atoms with Crippen molar-refractivity contribution < 1.29 is 14.2 Å². The van der Waals surface area contributed by atoms with E-state index < -0.39 is 6.23 Å². The van der Waals surface area contributed by atoms with Crippen LogP contribution in [0, 0.1) is 0 Å². The molecule has 3 aromatic rings. The maximum absolute atomic E-state index is 6.59. The highest BCUT2D eigenvalue weighted by Gasteiger charge is 2.42. The molecule has 2 aliphatic rings. The molecule has 2 atom stereocenters. The maximum Gasteiger partial charge on any atom is 0.214 e. The highest BCUT2D eigenvalue weighted by molar-refractivity contribution is 9.11. The third-order valence-corrected chi connectivity index (χ3v) is 7.19. The summed E-state index contributed by atoms with van der Waals surface area (Å²) in [4.78, 5) is 0. The van der Waals surface area contributed by atoms with Crippen molar-refractivity contribution in [2.24, 2.45) is 5.10 Å².